The molecular weight excluding hydrogens is 228 g/mol. The van der Waals surface area contributed by atoms with Crippen LogP contribution in [0, 0.1) is 0 Å². The lowest BCUT2D eigenvalue weighted by molar-refractivity contribution is -0.0828. The molecule has 5 heteroatoms. The first-order valence-corrected chi connectivity index (χ1v) is 5.99. The Labute approximate surface area is 100 Å². The van der Waals surface area contributed by atoms with Crippen molar-refractivity contribution in [3.8, 4) is 0 Å². The molecule has 2 rings (SSSR count). The first kappa shape index (κ1) is 11.9. The highest BCUT2D eigenvalue weighted by Crippen LogP contribution is 2.39. The number of halogens is 1. The minimum Gasteiger partial charge on any atom is -0.384 e. The molecule has 1 aromatic heterocycles. The lowest BCUT2D eigenvalue weighted by Crippen LogP contribution is -2.33. The van der Waals surface area contributed by atoms with Gasteiger partial charge in [-0.25, -0.2) is 0 Å². The Morgan fingerprint density at radius 3 is 3.06 bits per heavy atom. The second-order valence-corrected chi connectivity index (χ2v) is 4.77. The molecule has 1 aliphatic rings. The second-order valence-electron chi connectivity index (χ2n) is 4.36. The smallest absolute Gasteiger partial charge is 0.126 e. The molecule has 0 aliphatic carbocycles. The largest absolute Gasteiger partial charge is 0.384 e. The van der Waals surface area contributed by atoms with Crippen LogP contribution < -0.4 is 0 Å². The number of aliphatic hydroxyl groups is 1. The van der Waals surface area contributed by atoms with Crippen LogP contribution in [0.4, 0.5) is 0 Å². The van der Waals surface area contributed by atoms with E-state index >= 15 is 0 Å². The molecule has 16 heavy (non-hydrogen) atoms. The fourth-order valence-electron chi connectivity index (χ4n) is 2.20. The quantitative estimate of drug-likeness (QED) is 0.887. The summed E-state index contributed by atoms with van der Waals surface area (Å²) in [6, 6.07) is 0. The third kappa shape index (κ3) is 1.85. The Morgan fingerprint density at radius 2 is 2.50 bits per heavy atom. The molecule has 4 nitrogen and oxygen atoms in total. The van der Waals surface area contributed by atoms with Gasteiger partial charge in [-0.05, 0) is 26.7 Å². The molecule has 1 aliphatic heterocycles. The van der Waals surface area contributed by atoms with Gasteiger partial charge >= 0.3 is 0 Å². The van der Waals surface area contributed by atoms with Crippen LogP contribution in [-0.4, -0.2) is 27.1 Å². The maximum atomic E-state index is 10.4. The zero-order chi connectivity index (χ0) is 11.8. The highest BCUT2D eigenvalue weighted by Gasteiger charge is 2.40. The van der Waals surface area contributed by atoms with Gasteiger partial charge in [-0.1, -0.05) is 11.6 Å². The number of aromatic nitrogens is 2. The lowest BCUT2D eigenvalue weighted by atomic mass is 9.93. The van der Waals surface area contributed by atoms with E-state index in [-0.39, 0.29) is 0 Å². The van der Waals surface area contributed by atoms with Gasteiger partial charge in [-0.3, -0.25) is 4.68 Å². The Kier molecular flexibility index (Phi) is 3.24. The van der Waals surface area contributed by atoms with E-state index in [1.807, 2.05) is 13.8 Å². The van der Waals surface area contributed by atoms with Gasteiger partial charge in [-0.15, -0.1) is 0 Å². The van der Waals surface area contributed by atoms with E-state index in [1.165, 1.54) is 0 Å². The summed E-state index contributed by atoms with van der Waals surface area (Å²) in [5.74, 6) is 0. The first-order valence-electron chi connectivity index (χ1n) is 5.61. The van der Waals surface area contributed by atoms with E-state index in [0.29, 0.717) is 23.9 Å². The van der Waals surface area contributed by atoms with Gasteiger partial charge in [0.05, 0.1) is 22.5 Å². The average molecular weight is 245 g/mol. The SMILES string of the molecule is CCn1ncc(Cl)c1C(O)C1(C)CCCO1. The number of ether oxygens (including phenoxy) is 1. The van der Waals surface area contributed by atoms with E-state index in [2.05, 4.69) is 5.10 Å². The Morgan fingerprint density at radius 1 is 1.75 bits per heavy atom. The van der Waals surface area contributed by atoms with Gasteiger partial charge in [0, 0.05) is 13.2 Å². The van der Waals surface area contributed by atoms with Crippen LogP contribution >= 0.6 is 11.6 Å². The maximum absolute atomic E-state index is 10.4. The second kappa shape index (κ2) is 4.35. The number of nitrogens with zero attached hydrogens (tertiary/aromatic N) is 2. The molecule has 90 valence electrons. The van der Waals surface area contributed by atoms with Crippen molar-refractivity contribution in [2.24, 2.45) is 0 Å². The topological polar surface area (TPSA) is 47.3 Å². The fraction of sp³-hybridized carbons (Fsp3) is 0.727. The Balaban J connectivity index is 2.32. The van der Waals surface area contributed by atoms with Crippen LogP contribution in [0.1, 0.15) is 38.5 Å². The van der Waals surface area contributed by atoms with Crippen molar-refractivity contribution in [2.45, 2.75) is 44.9 Å². The molecule has 0 bridgehead atoms. The number of hydrogen-bond acceptors (Lipinski definition) is 3. The molecular formula is C11H17ClN2O2. The average Bonchev–Trinajstić information content (AvgIpc) is 2.85. The van der Waals surface area contributed by atoms with Gasteiger partial charge in [0.15, 0.2) is 0 Å². The lowest BCUT2D eigenvalue weighted by Gasteiger charge is -2.29. The number of aliphatic hydroxyl groups excluding tert-OH is 1. The molecule has 1 aromatic rings. The van der Waals surface area contributed by atoms with Crippen LogP contribution in [-0.2, 0) is 11.3 Å². The molecule has 2 atom stereocenters. The maximum Gasteiger partial charge on any atom is 0.126 e. The monoisotopic (exact) mass is 244 g/mol. The summed E-state index contributed by atoms with van der Waals surface area (Å²) in [6.07, 6.45) is 2.68. The molecule has 1 saturated heterocycles. The van der Waals surface area contributed by atoms with Gasteiger partial charge in [0.25, 0.3) is 0 Å². The van der Waals surface area contributed by atoms with E-state index in [9.17, 15) is 5.11 Å². The van der Waals surface area contributed by atoms with Crippen LogP contribution in [0.3, 0.4) is 0 Å². The number of aryl methyl sites for hydroxylation is 1. The van der Waals surface area contributed by atoms with Gasteiger partial charge in [-0.2, -0.15) is 5.10 Å². The molecule has 0 radical (unpaired) electrons. The summed E-state index contributed by atoms with van der Waals surface area (Å²) < 4.78 is 7.35. The fourth-order valence-corrected chi connectivity index (χ4v) is 2.45. The minimum absolute atomic E-state index is 0.506. The van der Waals surface area contributed by atoms with Crippen LogP contribution in [0.25, 0.3) is 0 Å². The van der Waals surface area contributed by atoms with Crippen molar-refractivity contribution in [3.63, 3.8) is 0 Å². The van der Waals surface area contributed by atoms with Crippen molar-refractivity contribution in [3.05, 3.63) is 16.9 Å². The summed E-state index contributed by atoms with van der Waals surface area (Å²) in [5, 5.41) is 15.0. The molecule has 0 saturated carbocycles. The van der Waals surface area contributed by atoms with E-state index in [0.717, 1.165) is 12.8 Å². The number of rotatable bonds is 3. The zero-order valence-corrected chi connectivity index (χ0v) is 10.4. The van der Waals surface area contributed by atoms with Gasteiger partial charge in [0.2, 0.25) is 0 Å². The summed E-state index contributed by atoms with van der Waals surface area (Å²) in [4.78, 5) is 0. The third-order valence-corrected chi connectivity index (χ3v) is 3.51. The van der Waals surface area contributed by atoms with Gasteiger partial charge < -0.3 is 9.84 Å². The molecule has 1 fully saturated rings. The summed E-state index contributed by atoms with van der Waals surface area (Å²) in [7, 11) is 0. The third-order valence-electron chi connectivity index (χ3n) is 3.22. The Bertz CT molecular complexity index is 372. The van der Waals surface area contributed by atoms with Crippen molar-refractivity contribution < 1.29 is 9.84 Å². The summed E-state index contributed by atoms with van der Waals surface area (Å²) >= 11 is 6.06. The standard InChI is InChI=1S/C11H17ClN2O2/c1-3-14-9(8(12)7-13-14)10(15)11(2)5-4-6-16-11/h7,10,15H,3-6H2,1-2H3. The number of hydrogen-bond donors (Lipinski definition) is 1. The van der Waals surface area contributed by atoms with Crippen molar-refractivity contribution in [2.75, 3.05) is 6.61 Å². The predicted molar refractivity (Wildman–Crippen MR) is 61.5 cm³/mol. The molecule has 2 heterocycles. The van der Waals surface area contributed by atoms with Crippen molar-refractivity contribution >= 4 is 11.6 Å². The first-order chi connectivity index (χ1) is 7.58. The van der Waals surface area contributed by atoms with E-state index in [1.54, 1.807) is 10.9 Å². The molecule has 0 aromatic carbocycles. The van der Waals surface area contributed by atoms with Crippen molar-refractivity contribution in [1.82, 2.24) is 9.78 Å². The summed E-state index contributed by atoms with van der Waals surface area (Å²) in [6.45, 7) is 5.28. The van der Waals surface area contributed by atoms with Crippen LogP contribution in [0.2, 0.25) is 5.02 Å². The van der Waals surface area contributed by atoms with E-state index in [4.69, 9.17) is 16.3 Å². The highest BCUT2D eigenvalue weighted by molar-refractivity contribution is 6.31. The summed E-state index contributed by atoms with van der Waals surface area (Å²) in [5.41, 5.74) is 0.130. The Hall–Kier alpha value is -0.580. The predicted octanol–water partition coefficient (Wildman–Crippen LogP) is 2.16. The van der Waals surface area contributed by atoms with Gasteiger partial charge in [0.1, 0.15) is 6.10 Å². The minimum atomic E-state index is -0.718. The van der Waals surface area contributed by atoms with Crippen molar-refractivity contribution in [1.29, 1.82) is 0 Å². The molecule has 0 amide bonds. The molecule has 1 N–H and O–H groups in total. The zero-order valence-electron chi connectivity index (χ0n) is 9.61. The van der Waals surface area contributed by atoms with Crippen LogP contribution in [0.15, 0.2) is 6.20 Å². The van der Waals surface area contributed by atoms with E-state index < -0.39 is 11.7 Å². The van der Waals surface area contributed by atoms with Crippen LogP contribution in [0.5, 0.6) is 0 Å². The highest BCUT2D eigenvalue weighted by atomic mass is 35.5. The normalized spacial score (nSPS) is 27.2. The molecule has 2 unspecified atom stereocenters. The molecule has 0 spiro atoms.